The molecule has 41 heavy (non-hydrogen) atoms. The Balaban J connectivity index is 1.57. The van der Waals surface area contributed by atoms with Gasteiger partial charge in [-0.15, -0.1) is 0 Å². The molecule has 0 bridgehead atoms. The summed E-state index contributed by atoms with van der Waals surface area (Å²) >= 11 is 17.0. The van der Waals surface area contributed by atoms with Crippen LogP contribution in [-0.2, 0) is 30.4 Å². The minimum Gasteiger partial charge on any atom is -0.459 e. The number of carbonyl (C=O) groups excluding carboxylic acids is 2. The summed E-state index contributed by atoms with van der Waals surface area (Å²) < 4.78 is 16.7. The van der Waals surface area contributed by atoms with Crippen LogP contribution in [0, 0.1) is 5.92 Å². The molecule has 0 aliphatic carbocycles. The largest absolute Gasteiger partial charge is 0.459 e. The Labute approximate surface area is 256 Å². The second-order valence-electron chi connectivity index (χ2n) is 11.6. The van der Waals surface area contributed by atoms with Gasteiger partial charge in [0, 0.05) is 23.7 Å². The number of ether oxygens (including phenoxy) is 3. The van der Waals surface area contributed by atoms with Crippen molar-refractivity contribution in [2.45, 2.75) is 81.1 Å². The van der Waals surface area contributed by atoms with E-state index in [0.29, 0.717) is 12.2 Å². The molecule has 2 saturated heterocycles. The Bertz CT molecular complexity index is 1200. The fraction of sp³-hybridized carbons (Fsp3) is 0.533. The fourth-order valence-corrected chi connectivity index (χ4v) is 5.31. The van der Waals surface area contributed by atoms with Crippen LogP contribution < -0.4 is 5.32 Å². The van der Waals surface area contributed by atoms with Crippen LogP contribution in [0.2, 0.25) is 0 Å². The lowest BCUT2D eigenvalue weighted by molar-refractivity contribution is -0.276. The van der Waals surface area contributed by atoms with Crippen molar-refractivity contribution in [1.82, 2.24) is 4.90 Å². The molecule has 2 aromatic rings. The van der Waals surface area contributed by atoms with Crippen LogP contribution in [0.5, 0.6) is 0 Å². The molecular weight excluding hydrogens is 591 g/mol. The van der Waals surface area contributed by atoms with Crippen molar-refractivity contribution in [3.05, 3.63) is 65.2 Å². The van der Waals surface area contributed by atoms with Gasteiger partial charge in [-0.1, -0.05) is 78.1 Å². The number of nitrogens with one attached hydrogen (secondary N) is 1. The highest BCUT2D eigenvalue weighted by Crippen LogP contribution is 2.42. The predicted molar refractivity (Wildman–Crippen MR) is 159 cm³/mol. The maximum atomic E-state index is 13.0. The Morgan fingerprint density at radius 1 is 1.02 bits per heavy atom. The van der Waals surface area contributed by atoms with Crippen LogP contribution in [0.4, 0.5) is 5.69 Å². The molecule has 4 rings (SSSR count). The summed E-state index contributed by atoms with van der Waals surface area (Å²) in [6.07, 6.45) is 0.363. The van der Waals surface area contributed by atoms with E-state index in [1.807, 2.05) is 45.0 Å². The van der Waals surface area contributed by atoms with Gasteiger partial charge in [0.15, 0.2) is 6.29 Å². The number of hydrogen-bond acceptors (Lipinski definition) is 7. The fourth-order valence-electron chi connectivity index (χ4n) is 5.17. The number of rotatable bonds is 7. The van der Waals surface area contributed by atoms with Gasteiger partial charge in [0.1, 0.15) is 11.6 Å². The molecule has 8 nitrogen and oxygen atoms in total. The lowest BCUT2D eigenvalue weighted by Crippen LogP contribution is -2.48. The first-order valence-corrected chi connectivity index (χ1v) is 14.8. The van der Waals surface area contributed by atoms with Gasteiger partial charge in [-0.3, -0.25) is 14.5 Å². The van der Waals surface area contributed by atoms with Crippen molar-refractivity contribution in [2.75, 3.05) is 18.4 Å². The predicted octanol–water partition coefficient (Wildman–Crippen LogP) is 6.09. The van der Waals surface area contributed by atoms with Gasteiger partial charge < -0.3 is 24.6 Å². The molecule has 1 amide bonds. The van der Waals surface area contributed by atoms with Gasteiger partial charge in [-0.25, -0.2) is 0 Å². The molecule has 0 unspecified atom stereocenters. The molecule has 2 fully saturated rings. The Hall–Kier alpha value is -1.91. The van der Waals surface area contributed by atoms with Gasteiger partial charge in [-0.05, 0) is 63.4 Å². The van der Waals surface area contributed by atoms with Gasteiger partial charge in [0.2, 0.25) is 0 Å². The van der Waals surface area contributed by atoms with Crippen molar-refractivity contribution in [3.8, 4) is 0 Å². The summed E-state index contributed by atoms with van der Waals surface area (Å²) in [5, 5.41) is 12.1. The molecule has 0 spiro atoms. The van der Waals surface area contributed by atoms with Crippen LogP contribution in [-0.4, -0.2) is 56.5 Å². The van der Waals surface area contributed by atoms with E-state index in [1.54, 1.807) is 24.3 Å². The highest BCUT2D eigenvalue weighted by molar-refractivity contribution is 6.76. The molecule has 2 heterocycles. The van der Waals surface area contributed by atoms with Crippen molar-refractivity contribution in [1.29, 1.82) is 0 Å². The molecule has 0 radical (unpaired) electrons. The number of esters is 1. The van der Waals surface area contributed by atoms with E-state index in [-0.39, 0.29) is 36.7 Å². The van der Waals surface area contributed by atoms with Crippen molar-refractivity contribution < 1.29 is 28.9 Å². The lowest BCUT2D eigenvalue weighted by Gasteiger charge is -2.43. The first-order chi connectivity index (χ1) is 19.2. The minimum atomic E-state index is -2.08. The number of anilines is 1. The number of carbonyl (C=O) groups is 2. The van der Waals surface area contributed by atoms with Crippen LogP contribution in [0.3, 0.4) is 0 Å². The molecule has 2 N–H and O–H groups in total. The molecule has 5 atom stereocenters. The first-order valence-electron chi connectivity index (χ1n) is 13.7. The summed E-state index contributed by atoms with van der Waals surface area (Å²) in [5.41, 5.74) is 2.42. The van der Waals surface area contributed by atoms with E-state index in [2.05, 4.69) is 17.1 Å². The third-order valence-electron chi connectivity index (χ3n) is 7.28. The smallest absolute Gasteiger partial charge is 0.323 e. The van der Waals surface area contributed by atoms with E-state index in [1.165, 1.54) is 0 Å². The number of benzene rings is 2. The Kier molecular flexibility index (Phi) is 10.3. The van der Waals surface area contributed by atoms with Crippen molar-refractivity contribution in [2.24, 2.45) is 5.92 Å². The lowest BCUT2D eigenvalue weighted by atomic mass is 9.90. The van der Waals surface area contributed by atoms with Gasteiger partial charge in [0.25, 0.3) is 9.70 Å². The number of amides is 1. The molecule has 2 aromatic carbocycles. The molecule has 0 aromatic heterocycles. The number of aliphatic hydroxyl groups is 1. The Morgan fingerprint density at radius 2 is 1.66 bits per heavy atom. The number of hydrogen-bond donors (Lipinski definition) is 2. The van der Waals surface area contributed by atoms with Crippen molar-refractivity contribution >= 4 is 52.4 Å². The van der Waals surface area contributed by atoms with E-state index < -0.39 is 21.6 Å². The second-order valence-corrected chi connectivity index (χ2v) is 13.9. The number of alkyl halides is 3. The van der Waals surface area contributed by atoms with Crippen LogP contribution in [0.25, 0.3) is 0 Å². The average molecular weight is 628 g/mol. The van der Waals surface area contributed by atoms with E-state index in [9.17, 15) is 14.7 Å². The van der Waals surface area contributed by atoms with Gasteiger partial charge in [0.05, 0.1) is 18.8 Å². The molecule has 2 aliphatic rings. The molecule has 2 aliphatic heterocycles. The zero-order valence-electron chi connectivity index (χ0n) is 23.6. The van der Waals surface area contributed by atoms with Crippen molar-refractivity contribution in [3.63, 3.8) is 0 Å². The van der Waals surface area contributed by atoms with Gasteiger partial charge >= 0.3 is 5.97 Å². The number of likely N-dealkylation sites (tertiary alicyclic amines) is 1. The topological polar surface area (TPSA) is 97.3 Å². The molecular formula is C30H37Cl3N2O6. The molecule has 224 valence electrons. The maximum absolute atomic E-state index is 13.0. The quantitative estimate of drug-likeness (QED) is 0.283. The third-order valence-corrected chi connectivity index (χ3v) is 7.79. The third kappa shape index (κ3) is 8.35. The summed E-state index contributed by atoms with van der Waals surface area (Å²) in [7, 11) is 0. The number of halogens is 3. The van der Waals surface area contributed by atoms with E-state index >= 15 is 0 Å². The van der Waals surface area contributed by atoms with Crippen LogP contribution in [0.1, 0.15) is 69.6 Å². The number of aliphatic hydroxyl groups excluding tert-OH is 1. The summed E-state index contributed by atoms with van der Waals surface area (Å²) in [6, 6.07) is 14.3. The Morgan fingerprint density at radius 3 is 2.24 bits per heavy atom. The molecule has 11 heteroatoms. The zero-order valence-corrected chi connectivity index (χ0v) is 25.9. The van der Waals surface area contributed by atoms with Gasteiger partial charge in [-0.2, -0.15) is 0 Å². The average Bonchev–Trinajstić information content (AvgIpc) is 3.37. The van der Waals surface area contributed by atoms with E-state index in [4.69, 9.17) is 49.0 Å². The highest BCUT2D eigenvalue weighted by Gasteiger charge is 2.42. The van der Waals surface area contributed by atoms with Crippen LogP contribution >= 0.6 is 34.8 Å². The summed E-state index contributed by atoms with van der Waals surface area (Å²) in [6.45, 7) is 8.97. The zero-order chi connectivity index (χ0) is 29.9. The summed E-state index contributed by atoms with van der Waals surface area (Å²) in [5.74, 6) is -1.02. The monoisotopic (exact) mass is 626 g/mol. The minimum absolute atomic E-state index is 0.0438. The molecule has 0 saturated carbocycles. The maximum Gasteiger partial charge on any atom is 0.323 e. The van der Waals surface area contributed by atoms with E-state index in [0.717, 1.165) is 36.1 Å². The highest BCUT2D eigenvalue weighted by atomic mass is 35.6. The first kappa shape index (κ1) is 32.0. The number of nitrogens with zero attached hydrogens (tertiary/aromatic N) is 1. The summed E-state index contributed by atoms with van der Waals surface area (Å²) in [4.78, 5) is 27.2. The normalized spacial score (nSPS) is 25.6. The standard InChI is InChI=1S/C30H37Cl3N2O6/c1-18-24(16-35-15-5-6-23(35)26(37)41-29(2,3)4)39-27(40-25(18)20-9-7-19(17-36)8-10-20)21-11-13-22(14-12-21)34-28(38)30(31,32)33/h7-14,18,23-25,27,36H,5-6,15-17H2,1-4H3,(H,34,38)/t18-,23-,24+,25+,27+/m0/s1. The van der Waals surface area contributed by atoms with Crippen LogP contribution in [0.15, 0.2) is 48.5 Å². The second kappa shape index (κ2) is 13.2. The SMILES string of the molecule is C[C@H]1[C@@H](CN2CCC[C@H]2C(=O)OC(C)(C)C)O[C@@H](c2ccc(NC(=O)C(Cl)(Cl)Cl)cc2)O[C@H]1c1ccc(CO)cc1.